The van der Waals surface area contributed by atoms with Crippen LogP contribution in [0.4, 0.5) is 18.0 Å². The lowest BCUT2D eigenvalue weighted by molar-refractivity contribution is -0.172. The van der Waals surface area contributed by atoms with Crippen LogP contribution in [0.2, 0.25) is 0 Å². The van der Waals surface area contributed by atoms with E-state index in [2.05, 4.69) is 9.88 Å². The molecule has 3 aromatic heterocycles. The summed E-state index contributed by atoms with van der Waals surface area (Å²) in [5.41, 5.74) is 2.49. The summed E-state index contributed by atoms with van der Waals surface area (Å²) < 4.78 is 66.3. The van der Waals surface area contributed by atoms with Gasteiger partial charge in [0.15, 0.2) is 5.60 Å². The number of hydrogen-bond donors (Lipinski definition) is 2. The van der Waals surface area contributed by atoms with Gasteiger partial charge in [0.2, 0.25) is 0 Å². The first-order chi connectivity index (χ1) is 34.9. The Morgan fingerprint density at radius 3 is 2.44 bits per heavy atom. The SMILES string of the molecule is CC[C@@]1(O)C(=O)OCc2c1cc1n(c2=O)Cc2cc3c(CN(C)C)c(OC(=O)N4CCN(CCCCCCOc5cc(F)c([C@H]6c7[nH]c8ccccc8c7C[C@H](C)N6CC(C)(C)F)c(F)c5)CC4)ccc3nc2-1. The summed E-state index contributed by atoms with van der Waals surface area (Å²) in [6, 6.07) is 16.6. The minimum Gasteiger partial charge on any atom is -0.493 e. The zero-order valence-corrected chi connectivity index (χ0v) is 42.5. The van der Waals surface area contributed by atoms with Crippen LogP contribution < -0.4 is 15.0 Å². The van der Waals surface area contributed by atoms with E-state index in [1.54, 1.807) is 34.6 Å². The highest BCUT2D eigenvalue weighted by Gasteiger charge is 2.46. The Hall–Kier alpha value is -6.27. The number of piperazine rings is 1. The molecule has 3 aromatic carbocycles. The van der Waals surface area contributed by atoms with Gasteiger partial charge in [-0.25, -0.2) is 27.7 Å². The molecule has 0 radical (unpaired) electrons. The molecular formula is C56H64F3N7O7. The molecule has 73 heavy (non-hydrogen) atoms. The van der Waals surface area contributed by atoms with Crippen molar-refractivity contribution in [1.82, 2.24) is 34.1 Å². The van der Waals surface area contributed by atoms with Crippen molar-refractivity contribution in [3.63, 3.8) is 0 Å². The predicted molar refractivity (Wildman–Crippen MR) is 271 cm³/mol. The number of ether oxygens (including phenoxy) is 3. The number of fused-ring (bicyclic) bond motifs is 8. The number of esters is 1. The van der Waals surface area contributed by atoms with E-state index in [1.807, 2.05) is 61.2 Å². The molecule has 14 nitrogen and oxygen atoms in total. The minimum absolute atomic E-state index is 0.00654. The number of carbonyl (C=O) groups excluding carboxylic acids is 2. The number of para-hydroxylation sites is 1. The molecule has 3 atom stereocenters. The molecule has 1 fully saturated rings. The van der Waals surface area contributed by atoms with Crippen LogP contribution >= 0.6 is 0 Å². The van der Waals surface area contributed by atoms with Crippen molar-refractivity contribution in [2.75, 3.05) is 60.0 Å². The van der Waals surface area contributed by atoms with Gasteiger partial charge in [-0.2, -0.15) is 0 Å². The molecule has 17 heteroatoms. The number of H-pyrrole nitrogens is 1. The summed E-state index contributed by atoms with van der Waals surface area (Å²) >= 11 is 0. The number of aromatic amines is 1. The van der Waals surface area contributed by atoms with Crippen LogP contribution in [0.5, 0.6) is 11.5 Å². The maximum absolute atomic E-state index is 16.1. The first-order valence-electron chi connectivity index (χ1n) is 25.5. The van der Waals surface area contributed by atoms with Gasteiger partial charge < -0.3 is 38.7 Å². The van der Waals surface area contributed by atoms with Gasteiger partial charge in [-0.05, 0) is 103 Å². The Morgan fingerprint density at radius 2 is 1.71 bits per heavy atom. The van der Waals surface area contributed by atoms with E-state index >= 15 is 13.2 Å². The zero-order chi connectivity index (χ0) is 51.5. The average Bonchev–Trinajstić information content (AvgIpc) is 3.90. The van der Waals surface area contributed by atoms with Crippen LogP contribution in [0.3, 0.4) is 0 Å². The van der Waals surface area contributed by atoms with Crippen molar-refractivity contribution in [1.29, 1.82) is 0 Å². The Balaban J connectivity index is 0.714. The molecule has 0 spiro atoms. The first-order valence-corrected chi connectivity index (χ1v) is 25.5. The fourth-order valence-electron chi connectivity index (χ4n) is 11.4. The number of unbranched alkanes of at least 4 members (excludes halogenated alkanes) is 3. The number of amides is 1. The largest absolute Gasteiger partial charge is 0.493 e. The molecular weight excluding hydrogens is 940 g/mol. The quantitative estimate of drug-likeness (QED) is 0.0752. The minimum atomic E-state index is -1.92. The second-order valence-corrected chi connectivity index (χ2v) is 21.1. The summed E-state index contributed by atoms with van der Waals surface area (Å²) in [6.45, 7) is 10.7. The number of halogens is 3. The van der Waals surface area contributed by atoms with Crippen molar-refractivity contribution < 1.29 is 42.1 Å². The molecule has 2 N–H and O–H groups in total. The molecule has 386 valence electrons. The van der Waals surface area contributed by atoms with Crippen LogP contribution in [-0.4, -0.2) is 123 Å². The van der Waals surface area contributed by atoms with Gasteiger partial charge in [0.05, 0.1) is 41.7 Å². The average molecular weight is 1000 g/mol. The van der Waals surface area contributed by atoms with E-state index in [1.165, 1.54) is 26.0 Å². The van der Waals surface area contributed by atoms with Crippen molar-refractivity contribution in [3.05, 3.63) is 122 Å². The number of alkyl halides is 1. The molecule has 7 heterocycles. The molecule has 0 bridgehead atoms. The fraction of sp³-hybridized carbons (Fsp3) is 0.464. The molecule has 1 saturated heterocycles. The molecule has 0 aliphatic carbocycles. The Labute approximate surface area is 422 Å². The highest BCUT2D eigenvalue weighted by Crippen LogP contribution is 2.45. The number of pyridine rings is 2. The normalized spacial score (nSPS) is 20.0. The van der Waals surface area contributed by atoms with E-state index in [0.717, 1.165) is 58.8 Å². The van der Waals surface area contributed by atoms with Gasteiger partial charge in [0.25, 0.3) is 5.56 Å². The van der Waals surface area contributed by atoms with Gasteiger partial charge in [-0.1, -0.05) is 38.0 Å². The zero-order valence-electron chi connectivity index (χ0n) is 42.5. The molecule has 6 aromatic rings. The third-order valence-corrected chi connectivity index (χ3v) is 15.1. The number of rotatable bonds is 15. The number of carbonyl (C=O) groups is 2. The number of benzene rings is 3. The van der Waals surface area contributed by atoms with Crippen LogP contribution in [-0.2, 0) is 41.2 Å². The second kappa shape index (κ2) is 19.9. The Bertz CT molecular complexity index is 3150. The molecule has 1 amide bonds. The summed E-state index contributed by atoms with van der Waals surface area (Å²) in [6.07, 6.45) is 3.73. The van der Waals surface area contributed by atoms with Gasteiger partial charge in [-0.15, -0.1) is 0 Å². The number of aliphatic hydroxyl groups is 1. The van der Waals surface area contributed by atoms with Crippen LogP contribution in [0.15, 0.2) is 65.5 Å². The number of aromatic nitrogens is 3. The van der Waals surface area contributed by atoms with Gasteiger partial charge in [-0.3, -0.25) is 14.6 Å². The molecule has 4 aliphatic rings. The van der Waals surface area contributed by atoms with Crippen LogP contribution in [0.25, 0.3) is 33.2 Å². The molecule has 10 rings (SSSR count). The fourth-order valence-corrected chi connectivity index (χ4v) is 11.4. The number of cyclic esters (lactones) is 1. The predicted octanol–water partition coefficient (Wildman–Crippen LogP) is 8.74. The summed E-state index contributed by atoms with van der Waals surface area (Å²) in [5.74, 6) is -1.67. The first kappa shape index (κ1) is 50.3. The van der Waals surface area contributed by atoms with Crippen molar-refractivity contribution in [3.8, 4) is 22.9 Å². The topological polar surface area (TPSA) is 146 Å². The van der Waals surface area contributed by atoms with Crippen LogP contribution in [0.1, 0.15) is 105 Å². The second-order valence-electron chi connectivity index (χ2n) is 21.1. The maximum Gasteiger partial charge on any atom is 0.415 e. The van der Waals surface area contributed by atoms with E-state index < -0.39 is 41.0 Å². The summed E-state index contributed by atoms with van der Waals surface area (Å²) in [4.78, 5) is 56.4. The molecule has 0 saturated carbocycles. The molecule has 0 unspecified atom stereocenters. The van der Waals surface area contributed by atoms with Crippen LogP contribution in [0, 0.1) is 11.6 Å². The lowest BCUT2D eigenvalue weighted by atomic mass is 9.86. The van der Waals surface area contributed by atoms with Gasteiger partial charge in [0, 0.05) is 102 Å². The van der Waals surface area contributed by atoms with E-state index in [0.29, 0.717) is 80.5 Å². The van der Waals surface area contributed by atoms with Crippen molar-refractivity contribution in [2.24, 2.45) is 0 Å². The van der Waals surface area contributed by atoms with E-state index in [9.17, 15) is 19.5 Å². The van der Waals surface area contributed by atoms with Crippen molar-refractivity contribution >= 4 is 33.9 Å². The standard InChI is InChI=1S/C56H64F3N7O7/c1-7-56(70)41-28-46-49-34(29-65(46)52(67)40(41)31-72-53(56)68)25-37-39(30-62(5)6)47(17-16-45(37)60-49)73-54(69)64-21-19-63(20-22-64)18-12-8-9-13-23-71-35-26-42(57)48(43(58)27-35)51-50-38(36-14-10-11-15-44(36)61-50)24-33(2)66(51)32-55(3,4)59/h10-11,14-17,25-28,33,51,61,70H,7-9,12-13,18-24,29-32H2,1-6H3/t33-,51-,56-/m0/s1. The monoisotopic (exact) mass is 1000 g/mol. The Morgan fingerprint density at radius 1 is 0.973 bits per heavy atom. The van der Waals surface area contributed by atoms with E-state index in [-0.39, 0.29) is 60.2 Å². The number of nitrogens with one attached hydrogen (secondary N) is 1. The molecule has 4 aliphatic heterocycles. The summed E-state index contributed by atoms with van der Waals surface area (Å²) in [7, 11) is 3.87. The third kappa shape index (κ3) is 9.60. The third-order valence-electron chi connectivity index (χ3n) is 15.1. The van der Waals surface area contributed by atoms with E-state index in [4.69, 9.17) is 19.2 Å². The van der Waals surface area contributed by atoms with Crippen molar-refractivity contribution in [2.45, 2.75) is 109 Å². The Kier molecular flexibility index (Phi) is 13.7. The van der Waals surface area contributed by atoms with Gasteiger partial charge in [0.1, 0.15) is 35.4 Å². The lowest BCUT2D eigenvalue weighted by Crippen LogP contribution is -2.49. The summed E-state index contributed by atoms with van der Waals surface area (Å²) in [5, 5.41) is 13.1. The smallest absolute Gasteiger partial charge is 0.415 e. The maximum atomic E-state index is 16.1. The highest BCUT2D eigenvalue weighted by molar-refractivity contribution is 5.90. The number of nitrogens with zero attached hydrogens (tertiary/aromatic N) is 6. The number of hydrogen-bond acceptors (Lipinski definition) is 11. The lowest BCUT2D eigenvalue weighted by Gasteiger charge is -2.43. The highest BCUT2D eigenvalue weighted by atomic mass is 19.1. The van der Waals surface area contributed by atoms with Gasteiger partial charge >= 0.3 is 12.1 Å².